The summed E-state index contributed by atoms with van der Waals surface area (Å²) in [5.41, 5.74) is 0.173. The van der Waals surface area contributed by atoms with Crippen LogP contribution in [-0.4, -0.2) is 36.0 Å². The molecule has 1 N–H and O–H groups in total. The second-order valence-electron chi connectivity index (χ2n) is 4.59. The van der Waals surface area contributed by atoms with Crippen molar-refractivity contribution in [1.29, 1.82) is 0 Å². The Morgan fingerprint density at radius 1 is 1.54 bits per heavy atom. The molecular formula is C10H20N2O. The topological polar surface area (TPSA) is 32.3 Å². The Balaban J connectivity index is 2.56. The van der Waals surface area contributed by atoms with Crippen LogP contribution >= 0.6 is 0 Å². The van der Waals surface area contributed by atoms with E-state index in [1.54, 1.807) is 6.92 Å². The molecule has 1 amide bonds. The number of nitrogens with zero attached hydrogens (tertiary/aromatic N) is 1. The van der Waals surface area contributed by atoms with Crippen molar-refractivity contribution in [3.63, 3.8) is 0 Å². The largest absolute Gasteiger partial charge is 0.343 e. The van der Waals surface area contributed by atoms with Gasteiger partial charge in [-0.1, -0.05) is 0 Å². The number of rotatable bonds is 1. The Morgan fingerprint density at radius 2 is 2.15 bits per heavy atom. The number of hydrogen-bond donors (Lipinski definition) is 1. The predicted octanol–water partition coefficient (Wildman–Crippen LogP) is 0.995. The number of carbonyl (C=O) groups is 1. The van der Waals surface area contributed by atoms with Gasteiger partial charge >= 0.3 is 0 Å². The summed E-state index contributed by atoms with van der Waals surface area (Å²) in [6.45, 7) is 7.02. The van der Waals surface area contributed by atoms with Crippen molar-refractivity contribution in [3.8, 4) is 0 Å². The molecule has 3 nitrogen and oxygen atoms in total. The van der Waals surface area contributed by atoms with Crippen molar-refractivity contribution in [1.82, 2.24) is 10.2 Å². The lowest BCUT2D eigenvalue weighted by molar-refractivity contribution is -0.130. The molecule has 1 atom stereocenters. The molecule has 0 aromatic heterocycles. The number of hydrogen-bond acceptors (Lipinski definition) is 2. The zero-order valence-electron chi connectivity index (χ0n) is 9.05. The smallest absolute Gasteiger partial charge is 0.219 e. The maximum absolute atomic E-state index is 11.2. The van der Waals surface area contributed by atoms with Crippen molar-refractivity contribution < 1.29 is 4.79 Å². The molecule has 76 valence electrons. The van der Waals surface area contributed by atoms with Crippen LogP contribution in [0.1, 0.15) is 33.6 Å². The first-order chi connectivity index (χ1) is 5.92. The van der Waals surface area contributed by atoms with Gasteiger partial charge in [-0.3, -0.25) is 4.79 Å². The molecule has 1 aliphatic heterocycles. The van der Waals surface area contributed by atoms with E-state index >= 15 is 0 Å². The fourth-order valence-corrected chi connectivity index (χ4v) is 1.93. The number of carbonyl (C=O) groups excluding carboxylic acids is 1. The Kier molecular flexibility index (Phi) is 2.96. The summed E-state index contributed by atoms with van der Waals surface area (Å²) in [7, 11) is 1.90. The summed E-state index contributed by atoms with van der Waals surface area (Å²) in [5.74, 6) is 0.169. The molecular weight excluding hydrogens is 164 g/mol. The molecule has 1 aliphatic rings. The molecule has 3 heteroatoms. The minimum atomic E-state index is 0.169. The highest BCUT2D eigenvalue weighted by Crippen LogP contribution is 2.21. The summed E-state index contributed by atoms with van der Waals surface area (Å²) >= 11 is 0. The Bertz CT molecular complexity index is 201. The van der Waals surface area contributed by atoms with Crippen LogP contribution in [0.3, 0.4) is 0 Å². The maximum atomic E-state index is 11.2. The summed E-state index contributed by atoms with van der Waals surface area (Å²) in [6.07, 6.45) is 2.11. The number of nitrogens with one attached hydrogen (secondary N) is 1. The summed E-state index contributed by atoms with van der Waals surface area (Å²) in [4.78, 5) is 13.0. The average molecular weight is 184 g/mol. The van der Waals surface area contributed by atoms with Gasteiger partial charge in [0.15, 0.2) is 0 Å². The second-order valence-corrected chi connectivity index (χ2v) is 4.59. The number of amides is 1. The first-order valence-electron chi connectivity index (χ1n) is 4.91. The van der Waals surface area contributed by atoms with Crippen LogP contribution in [0.4, 0.5) is 0 Å². The van der Waals surface area contributed by atoms with Crippen molar-refractivity contribution in [2.75, 3.05) is 13.6 Å². The lowest BCUT2D eigenvalue weighted by Crippen LogP contribution is -2.53. The molecule has 0 aliphatic carbocycles. The quantitative estimate of drug-likeness (QED) is 0.659. The predicted molar refractivity (Wildman–Crippen MR) is 53.5 cm³/mol. The van der Waals surface area contributed by atoms with Crippen molar-refractivity contribution in [2.45, 2.75) is 45.2 Å². The molecule has 0 saturated carbocycles. The van der Waals surface area contributed by atoms with Gasteiger partial charge in [-0.2, -0.15) is 0 Å². The van der Waals surface area contributed by atoms with E-state index in [1.807, 2.05) is 11.9 Å². The Hall–Kier alpha value is -0.570. The van der Waals surface area contributed by atoms with Gasteiger partial charge in [-0.05, 0) is 33.2 Å². The molecule has 0 aromatic rings. The molecule has 1 unspecified atom stereocenters. The van der Waals surface area contributed by atoms with Crippen molar-refractivity contribution in [2.24, 2.45) is 0 Å². The van der Waals surface area contributed by atoms with E-state index < -0.39 is 0 Å². The van der Waals surface area contributed by atoms with Gasteiger partial charge < -0.3 is 10.2 Å². The molecule has 0 aromatic carbocycles. The zero-order chi connectivity index (χ0) is 10.1. The zero-order valence-corrected chi connectivity index (χ0v) is 9.05. The Morgan fingerprint density at radius 3 is 2.62 bits per heavy atom. The molecule has 13 heavy (non-hydrogen) atoms. The van der Waals surface area contributed by atoms with E-state index in [9.17, 15) is 4.79 Å². The molecule has 0 spiro atoms. The molecule has 1 rings (SSSR count). The summed E-state index contributed by atoms with van der Waals surface area (Å²) < 4.78 is 0. The van der Waals surface area contributed by atoms with Gasteiger partial charge in [0.05, 0.1) is 0 Å². The van der Waals surface area contributed by atoms with E-state index in [4.69, 9.17) is 0 Å². The van der Waals surface area contributed by atoms with Gasteiger partial charge in [0, 0.05) is 25.6 Å². The number of piperidine rings is 1. The highest BCUT2D eigenvalue weighted by Gasteiger charge is 2.30. The summed E-state index contributed by atoms with van der Waals surface area (Å²) in [6, 6.07) is 0.411. The highest BCUT2D eigenvalue weighted by molar-refractivity contribution is 5.73. The molecule has 1 heterocycles. The molecule has 0 radical (unpaired) electrons. The monoisotopic (exact) mass is 184 g/mol. The van der Waals surface area contributed by atoms with E-state index in [-0.39, 0.29) is 11.4 Å². The van der Waals surface area contributed by atoms with Crippen LogP contribution in [0, 0.1) is 0 Å². The third-order valence-corrected chi connectivity index (χ3v) is 2.87. The molecule has 1 saturated heterocycles. The fraction of sp³-hybridized carbons (Fsp3) is 0.900. The molecule has 1 fully saturated rings. The van der Waals surface area contributed by atoms with Gasteiger partial charge in [0.1, 0.15) is 0 Å². The fourth-order valence-electron chi connectivity index (χ4n) is 1.93. The Labute approximate surface area is 80.5 Å². The first-order valence-corrected chi connectivity index (χ1v) is 4.91. The third-order valence-electron chi connectivity index (χ3n) is 2.87. The van der Waals surface area contributed by atoms with E-state index in [0.29, 0.717) is 6.04 Å². The third kappa shape index (κ3) is 2.69. The SMILES string of the molecule is CC(=O)N(C)C1CCNC(C)(C)C1. The highest BCUT2D eigenvalue weighted by atomic mass is 16.2. The van der Waals surface area contributed by atoms with E-state index in [1.165, 1.54) is 0 Å². The first kappa shape index (κ1) is 10.5. The van der Waals surface area contributed by atoms with Crippen LogP contribution in [0.5, 0.6) is 0 Å². The standard InChI is InChI=1S/C10H20N2O/c1-8(13)12(4)9-5-6-11-10(2,3)7-9/h9,11H,5-7H2,1-4H3. The van der Waals surface area contributed by atoms with Gasteiger partial charge in [0.25, 0.3) is 0 Å². The van der Waals surface area contributed by atoms with Crippen LogP contribution < -0.4 is 5.32 Å². The lowest BCUT2D eigenvalue weighted by atomic mass is 9.88. The average Bonchev–Trinajstić information content (AvgIpc) is 2.01. The van der Waals surface area contributed by atoms with E-state index in [2.05, 4.69) is 19.2 Å². The van der Waals surface area contributed by atoms with Crippen LogP contribution in [0.25, 0.3) is 0 Å². The summed E-state index contributed by atoms with van der Waals surface area (Å²) in [5, 5.41) is 3.44. The van der Waals surface area contributed by atoms with Crippen LogP contribution in [0.2, 0.25) is 0 Å². The van der Waals surface area contributed by atoms with E-state index in [0.717, 1.165) is 19.4 Å². The maximum Gasteiger partial charge on any atom is 0.219 e. The van der Waals surface area contributed by atoms with Gasteiger partial charge in [-0.15, -0.1) is 0 Å². The lowest BCUT2D eigenvalue weighted by Gasteiger charge is -2.40. The minimum absolute atomic E-state index is 0.169. The van der Waals surface area contributed by atoms with Crippen LogP contribution in [0.15, 0.2) is 0 Å². The van der Waals surface area contributed by atoms with Crippen molar-refractivity contribution in [3.05, 3.63) is 0 Å². The van der Waals surface area contributed by atoms with Crippen molar-refractivity contribution >= 4 is 5.91 Å². The van der Waals surface area contributed by atoms with Gasteiger partial charge in [0.2, 0.25) is 5.91 Å². The van der Waals surface area contributed by atoms with Crippen LogP contribution in [-0.2, 0) is 4.79 Å². The second kappa shape index (κ2) is 3.66. The van der Waals surface area contributed by atoms with Gasteiger partial charge in [-0.25, -0.2) is 0 Å². The normalized spacial score (nSPS) is 26.9. The molecule has 0 bridgehead atoms. The minimum Gasteiger partial charge on any atom is -0.343 e.